The second kappa shape index (κ2) is 6.57. The molecule has 0 spiro atoms. The standard InChI is InChI=1S/C13H21ClN2O3/c1-10(14)12(17)15-5-3-6-16(8-7-15)13(18)11-4-2-9-19-11/h10-11H,2-9H2,1H3. The minimum Gasteiger partial charge on any atom is -0.368 e. The molecule has 0 aliphatic carbocycles. The third-order valence-electron chi connectivity index (χ3n) is 3.66. The lowest BCUT2D eigenvalue weighted by atomic mass is 10.2. The van der Waals surface area contributed by atoms with Crippen LogP contribution in [0.1, 0.15) is 26.2 Å². The fraction of sp³-hybridized carbons (Fsp3) is 0.846. The molecule has 0 aromatic rings. The molecule has 2 rings (SSSR count). The summed E-state index contributed by atoms with van der Waals surface area (Å²) >= 11 is 5.83. The number of amides is 2. The Labute approximate surface area is 118 Å². The molecule has 0 radical (unpaired) electrons. The minimum absolute atomic E-state index is 0.0481. The molecule has 0 bridgehead atoms. The maximum absolute atomic E-state index is 12.2. The molecule has 0 N–H and O–H groups in total. The van der Waals surface area contributed by atoms with Crippen molar-refractivity contribution < 1.29 is 14.3 Å². The molecular weight excluding hydrogens is 268 g/mol. The number of rotatable bonds is 2. The number of carbonyl (C=O) groups is 2. The zero-order chi connectivity index (χ0) is 13.8. The van der Waals surface area contributed by atoms with Crippen LogP contribution < -0.4 is 0 Å². The van der Waals surface area contributed by atoms with Crippen LogP contribution in [0.3, 0.4) is 0 Å². The van der Waals surface area contributed by atoms with Gasteiger partial charge in [0.15, 0.2) is 0 Å². The Kier molecular flexibility index (Phi) is 5.05. The lowest BCUT2D eigenvalue weighted by molar-refractivity contribution is -0.141. The summed E-state index contributed by atoms with van der Waals surface area (Å²) in [5.41, 5.74) is 0. The number of nitrogens with zero attached hydrogens (tertiary/aromatic N) is 2. The van der Waals surface area contributed by atoms with Gasteiger partial charge in [-0.1, -0.05) is 0 Å². The zero-order valence-electron chi connectivity index (χ0n) is 11.3. The van der Waals surface area contributed by atoms with Crippen LogP contribution in [-0.2, 0) is 14.3 Å². The van der Waals surface area contributed by atoms with Crippen LogP contribution in [0.5, 0.6) is 0 Å². The summed E-state index contributed by atoms with van der Waals surface area (Å²) in [6.07, 6.45) is 2.30. The van der Waals surface area contributed by atoms with Gasteiger partial charge in [-0.2, -0.15) is 0 Å². The Hall–Kier alpha value is -0.810. The lowest BCUT2D eigenvalue weighted by Gasteiger charge is -2.24. The molecule has 2 saturated heterocycles. The number of hydrogen-bond donors (Lipinski definition) is 0. The summed E-state index contributed by atoms with van der Waals surface area (Å²) < 4.78 is 5.43. The zero-order valence-corrected chi connectivity index (χ0v) is 12.1. The Morgan fingerprint density at radius 1 is 1.16 bits per heavy atom. The van der Waals surface area contributed by atoms with Crippen molar-refractivity contribution in [1.82, 2.24) is 9.80 Å². The lowest BCUT2D eigenvalue weighted by Crippen LogP contribution is -2.42. The first-order chi connectivity index (χ1) is 9.09. The van der Waals surface area contributed by atoms with Gasteiger partial charge < -0.3 is 14.5 Å². The highest BCUT2D eigenvalue weighted by atomic mass is 35.5. The molecule has 2 fully saturated rings. The van der Waals surface area contributed by atoms with Crippen molar-refractivity contribution in [1.29, 1.82) is 0 Å². The van der Waals surface area contributed by atoms with Gasteiger partial charge in [0.25, 0.3) is 5.91 Å². The summed E-state index contributed by atoms with van der Waals surface area (Å²) in [4.78, 5) is 27.7. The summed E-state index contributed by atoms with van der Waals surface area (Å²) in [5, 5.41) is -0.500. The van der Waals surface area contributed by atoms with Crippen molar-refractivity contribution >= 4 is 23.4 Å². The van der Waals surface area contributed by atoms with Crippen LogP contribution in [0.25, 0.3) is 0 Å². The predicted octanol–water partition coefficient (Wildman–Crippen LogP) is 0.854. The normalized spacial score (nSPS) is 26.1. The highest BCUT2D eigenvalue weighted by molar-refractivity contribution is 6.30. The van der Waals surface area contributed by atoms with E-state index in [2.05, 4.69) is 0 Å². The molecule has 5 nitrogen and oxygen atoms in total. The van der Waals surface area contributed by atoms with E-state index in [0.717, 1.165) is 19.3 Å². The van der Waals surface area contributed by atoms with Crippen molar-refractivity contribution in [2.75, 3.05) is 32.8 Å². The number of alkyl halides is 1. The highest BCUT2D eigenvalue weighted by Crippen LogP contribution is 2.16. The van der Waals surface area contributed by atoms with Gasteiger partial charge in [0.1, 0.15) is 11.5 Å². The minimum atomic E-state index is -0.500. The van der Waals surface area contributed by atoms with Gasteiger partial charge in [-0.05, 0) is 26.2 Å². The van der Waals surface area contributed by atoms with Crippen LogP contribution in [0, 0.1) is 0 Å². The largest absolute Gasteiger partial charge is 0.368 e. The summed E-state index contributed by atoms with van der Waals surface area (Å²) in [6, 6.07) is 0. The summed E-state index contributed by atoms with van der Waals surface area (Å²) in [5.74, 6) is 0.0267. The molecular formula is C13H21ClN2O3. The first-order valence-electron chi connectivity index (χ1n) is 6.93. The number of carbonyl (C=O) groups excluding carboxylic acids is 2. The molecule has 2 amide bonds. The topological polar surface area (TPSA) is 49.9 Å². The monoisotopic (exact) mass is 288 g/mol. The molecule has 2 unspecified atom stereocenters. The van der Waals surface area contributed by atoms with Gasteiger partial charge in [-0.25, -0.2) is 0 Å². The van der Waals surface area contributed by atoms with Gasteiger partial charge in [-0.15, -0.1) is 11.6 Å². The third kappa shape index (κ3) is 3.60. The second-order valence-electron chi connectivity index (χ2n) is 5.12. The first-order valence-corrected chi connectivity index (χ1v) is 7.36. The van der Waals surface area contributed by atoms with Crippen molar-refractivity contribution in [2.45, 2.75) is 37.7 Å². The fourth-order valence-electron chi connectivity index (χ4n) is 2.59. The van der Waals surface area contributed by atoms with E-state index in [1.54, 1.807) is 11.8 Å². The first kappa shape index (κ1) is 14.6. The number of halogens is 1. The van der Waals surface area contributed by atoms with E-state index in [9.17, 15) is 9.59 Å². The smallest absolute Gasteiger partial charge is 0.251 e. The predicted molar refractivity (Wildman–Crippen MR) is 72.1 cm³/mol. The molecule has 2 aliphatic heterocycles. The van der Waals surface area contributed by atoms with Crippen LogP contribution in [0.2, 0.25) is 0 Å². The van der Waals surface area contributed by atoms with E-state index in [0.29, 0.717) is 32.8 Å². The summed E-state index contributed by atoms with van der Waals surface area (Å²) in [7, 11) is 0. The van der Waals surface area contributed by atoms with Crippen molar-refractivity contribution in [3.63, 3.8) is 0 Å². The second-order valence-corrected chi connectivity index (χ2v) is 5.78. The Morgan fingerprint density at radius 3 is 2.47 bits per heavy atom. The average molecular weight is 289 g/mol. The Morgan fingerprint density at radius 2 is 1.84 bits per heavy atom. The molecule has 2 atom stereocenters. The average Bonchev–Trinajstić information content (AvgIpc) is 2.81. The molecule has 6 heteroatoms. The maximum Gasteiger partial charge on any atom is 0.251 e. The van der Waals surface area contributed by atoms with Gasteiger partial charge in [-0.3, -0.25) is 9.59 Å². The van der Waals surface area contributed by atoms with E-state index in [1.807, 2.05) is 4.90 Å². The van der Waals surface area contributed by atoms with E-state index in [1.165, 1.54) is 0 Å². The quantitative estimate of drug-likeness (QED) is 0.708. The molecule has 0 aromatic carbocycles. The fourth-order valence-corrected chi connectivity index (χ4v) is 2.72. The molecule has 0 aromatic heterocycles. The van der Waals surface area contributed by atoms with Gasteiger partial charge in [0, 0.05) is 32.8 Å². The van der Waals surface area contributed by atoms with Crippen molar-refractivity contribution in [2.24, 2.45) is 0 Å². The SMILES string of the molecule is CC(Cl)C(=O)N1CCCN(C(=O)C2CCCO2)CC1. The Bertz CT molecular complexity index is 343. The Balaban J connectivity index is 1.89. The molecule has 108 valence electrons. The van der Waals surface area contributed by atoms with E-state index < -0.39 is 5.38 Å². The number of ether oxygens (including phenoxy) is 1. The van der Waals surface area contributed by atoms with Crippen LogP contribution in [0.15, 0.2) is 0 Å². The van der Waals surface area contributed by atoms with E-state index >= 15 is 0 Å². The van der Waals surface area contributed by atoms with Crippen LogP contribution in [0.4, 0.5) is 0 Å². The van der Waals surface area contributed by atoms with Crippen molar-refractivity contribution in [3.8, 4) is 0 Å². The molecule has 2 aliphatic rings. The van der Waals surface area contributed by atoms with E-state index in [-0.39, 0.29) is 17.9 Å². The molecule has 2 heterocycles. The number of hydrogen-bond acceptors (Lipinski definition) is 3. The van der Waals surface area contributed by atoms with Crippen LogP contribution >= 0.6 is 11.6 Å². The summed E-state index contributed by atoms with van der Waals surface area (Å²) in [6.45, 7) is 4.87. The third-order valence-corrected chi connectivity index (χ3v) is 3.85. The highest BCUT2D eigenvalue weighted by Gasteiger charge is 2.30. The van der Waals surface area contributed by atoms with Gasteiger partial charge >= 0.3 is 0 Å². The van der Waals surface area contributed by atoms with E-state index in [4.69, 9.17) is 16.3 Å². The van der Waals surface area contributed by atoms with Crippen LogP contribution in [-0.4, -0.2) is 65.9 Å². The maximum atomic E-state index is 12.2. The van der Waals surface area contributed by atoms with Gasteiger partial charge in [0.05, 0.1) is 0 Å². The van der Waals surface area contributed by atoms with Gasteiger partial charge in [0.2, 0.25) is 5.91 Å². The molecule has 0 saturated carbocycles. The molecule has 19 heavy (non-hydrogen) atoms. The van der Waals surface area contributed by atoms with Crippen molar-refractivity contribution in [3.05, 3.63) is 0 Å².